The molecule has 116 valence electrons. The molecule has 0 saturated heterocycles. The van der Waals surface area contributed by atoms with Crippen molar-refractivity contribution in [2.75, 3.05) is 11.9 Å². The van der Waals surface area contributed by atoms with E-state index in [2.05, 4.69) is 42.7 Å². The predicted octanol–water partition coefficient (Wildman–Crippen LogP) is 4.60. The Bertz CT molecular complexity index is 627. The molecule has 0 atom stereocenters. The molecule has 1 aliphatic rings. The highest BCUT2D eigenvalue weighted by Gasteiger charge is 2.32. The van der Waals surface area contributed by atoms with E-state index in [1.165, 1.54) is 16.0 Å². The molecule has 1 fully saturated rings. The van der Waals surface area contributed by atoms with Crippen molar-refractivity contribution >= 4 is 23.1 Å². The molecule has 1 saturated carbocycles. The predicted molar refractivity (Wildman–Crippen MR) is 92.7 cm³/mol. The molecule has 1 aliphatic carbocycles. The lowest BCUT2D eigenvalue weighted by molar-refractivity contribution is 0.209. The summed E-state index contributed by atoms with van der Waals surface area (Å²) in [5, 5.41) is 5.16. The van der Waals surface area contributed by atoms with Gasteiger partial charge in [0.25, 0.3) is 0 Å². The van der Waals surface area contributed by atoms with Crippen molar-refractivity contribution in [2.45, 2.75) is 39.2 Å². The minimum atomic E-state index is 0.0315. The largest absolute Gasteiger partial charge is 0.322 e. The van der Waals surface area contributed by atoms with Crippen molar-refractivity contribution < 1.29 is 4.79 Å². The van der Waals surface area contributed by atoms with Crippen LogP contribution in [0.2, 0.25) is 0 Å². The Morgan fingerprint density at radius 2 is 2.00 bits per heavy atom. The molecule has 3 nitrogen and oxygen atoms in total. The number of nitrogens with one attached hydrogen (secondary N) is 1. The van der Waals surface area contributed by atoms with Crippen LogP contribution in [0.4, 0.5) is 10.5 Å². The SMILES string of the molecule is Cc1cc(C)cc(NC(=O)N(CCc2cccs2)C2CC2)c1. The van der Waals surface area contributed by atoms with E-state index in [-0.39, 0.29) is 6.03 Å². The third kappa shape index (κ3) is 3.89. The molecule has 0 radical (unpaired) electrons. The average molecular weight is 314 g/mol. The smallest absolute Gasteiger partial charge is 0.321 e. The van der Waals surface area contributed by atoms with Gasteiger partial charge in [0.15, 0.2) is 0 Å². The summed E-state index contributed by atoms with van der Waals surface area (Å²) in [6, 6.07) is 10.8. The molecule has 0 unspecified atom stereocenters. The maximum atomic E-state index is 12.6. The van der Waals surface area contributed by atoms with Gasteiger partial charge in [-0.2, -0.15) is 0 Å². The molecule has 4 heteroatoms. The number of hydrogen-bond donors (Lipinski definition) is 1. The number of urea groups is 1. The highest BCUT2D eigenvalue weighted by atomic mass is 32.1. The number of benzene rings is 1. The van der Waals surface area contributed by atoms with Gasteiger partial charge in [-0.1, -0.05) is 12.1 Å². The van der Waals surface area contributed by atoms with Crippen molar-refractivity contribution in [2.24, 2.45) is 0 Å². The number of anilines is 1. The van der Waals surface area contributed by atoms with E-state index in [1.54, 1.807) is 11.3 Å². The molecule has 1 aromatic heterocycles. The summed E-state index contributed by atoms with van der Waals surface area (Å²) in [7, 11) is 0. The zero-order valence-corrected chi connectivity index (χ0v) is 14.0. The third-order valence-corrected chi connectivity index (χ3v) is 4.84. The van der Waals surface area contributed by atoms with Crippen molar-refractivity contribution in [3.8, 4) is 0 Å². The fraction of sp³-hybridized carbons (Fsp3) is 0.389. The van der Waals surface area contributed by atoms with Gasteiger partial charge in [0.05, 0.1) is 0 Å². The molecule has 2 amide bonds. The van der Waals surface area contributed by atoms with E-state index in [4.69, 9.17) is 0 Å². The summed E-state index contributed by atoms with van der Waals surface area (Å²) < 4.78 is 0. The fourth-order valence-corrected chi connectivity index (χ4v) is 3.46. The van der Waals surface area contributed by atoms with E-state index in [1.807, 2.05) is 17.0 Å². The fourth-order valence-electron chi connectivity index (χ4n) is 2.76. The Balaban J connectivity index is 1.64. The van der Waals surface area contributed by atoms with Crippen molar-refractivity contribution in [1.82, 2.24) is 4.90 Å². The highest BCUT2D eigenvalue weighted by Crippen LogP contribution is 2.28. The first-order valence-electron chi connectivity index (χ1n) is 7.80. The molecule has 1 N–H and O–H groups in total. The maximum absolute atomic E-state index is 12.6. The second kappa shape index (κ2) is 6.53. The molecule has 0 bridgehead atoms. The highest BCUT2D eigenvalue weighted by molar-refractivity contribution is 7.09. The number of carbonyl (C=O) groups is 1. The molecule has 3 rings (SSSR count). The summed E-state index contributed by atoms with van der Waals surface area (Å²) in [6.45, 7) is 4.90. The average Bonchev–Trinajstić information content (AvgIpc) is 3.13. The zero-order valence-electron chi connectivity index (χ0n) is 13.1. The van der Waals surface area contributed by atoms with Gasteiger partial charge in [-0.15, -0.1) is 11.3 Å². The number of nitrogens with zero attached hydrogens (tertiary/aromatic N) is 1. The minimum absolute atomic E-state index is 0.0315. The number of aryl methyl sites for hydroxylation is 2. The molecule has 1 aromatic carbocycles. The standard InChI is InChI=1S/C18H22N2OS/c1-13-10-14(2)12-15(11-13)19-18(21)20(16-5-6-16)8-7-17-4-3-9-22-17/h3-4,9-12,16H,5-8H2,1-2H3,(H,19,21). The van der Waals surface area contributed by atoms with Crippen LogP contribution in [0.3, 0.4) is 0 Å². The topological polar surface area (TPSA) is 32.3 Å². The van der Waals surface area contributed by atoms with Gasteiger partial charge in [-0.3, -0.25) is 0 Å². The molecule has 0 aliphatic heterocycles. The van der Waals surface area contributed by atoms with Crippen molar-refractivity contribution in [3.05, 3.63) is 51.7 Å². The summed E-state index contributed by atoms with van der Waals surface area (Å²) in [6.07, 6.45) is 3.20. The number of thiophene rings is 1. The molecule has 0 spiro atoms. The monoisotopic (exact) mass is 314 g/mol. The van der Waals surface area contributed by atoms with Crippen LogP contribution in [0.15, 0.2) is 35.7 Å². The first-order valence-corrected chi connectivity index (χ1v) is 8.68. The Morgan fingerprint density at radius 3 is 2.59 bits per heavy atom. The Hall–Kier alpha value is -1.81. The van der Waals surface area contributed by atoms with Gasteiger partial charge in [-0.25, -0.2) is 4.79 Å². The first-order chi connectivity index (χ1) is 10.6. The van der Waals surface area contributed by atoms with E-state index < -0.39 is 0 Å². The van der Waals surface area contributed by atoms with Gasteiger partial charge < -0.3 is 10.2 Å². The lowest BCUT2D eigenvalue weighted by atomic mass is 10.1. The first kappa shape index (κ1) is 15.1. The summed E-state index contributed by atoms with van der Waals surface area (Å²) in [5.41, 5.74) is 3.24. The number of carbonyl (C=O) groups excluding carboxylic acids is 1. The Labute approximate surface area is 136 Å². The van der Waals surface area contributed by atoms with Crippen LogP contribution in [-0.2, 0) is 6.42 Å². The van der Waals surface area contributed by atoms with Crippen LogP contribution in [-0.4, -0.2) is 23.5 Å². The normalized spacial score (nSPS) is 13.9. The van der Waals surface area contributed by atoms with E-state index >= 15 is 0 Å². The third-order valence-electron chi connectivity index (χ3n) is 3.90. The molecular formula is C18H22N2OS. The second-order valence-electron chi connectivity index (χ2n) is 6.06. The van der Waals surface area contributed by atoms with Crippen LogP contribution in [0.25, 0.3) is 0 Å². The lowest BCUT2D eigenvalue weighted by Crippen LogP contribution is -2.38. The number of amides is 2. The number of rotatable bonds is 5. The molecule has 22 heavy (non-hydrogen) atoms. The van der Waals surface area contributed by atoms with Crippen LogP contribution >= 0.6 is 11.3 Å². The van der Waals surface area contributed by atoms with Gasteiger partial charge in [-0.05, 0) is 67.8 Å². The summed E-state index contributed by atoms with van der Waals surface area (Å²) in [5.74, 6) is 0. The van der Waals surface area contributed by atoms with Gasteiger partial charge in [0.2, 0.25) is 0 Å². The zero-order chi connectivity index (χ0) is 15.5. The van der Waals surface area contributed by atoms with Crippen LogP contribution in [0, 0.1) is 13.8 Å². The Kier molecular flexibility index (Phi) is 4.48. The van der Waals surface area contributed by atoms with E-state index in [0.29, 0.717) is 6.04 Å². The summed E-state index contributed by atoms with van der Waals surface area (Å²) >= 11 is 1.76. The molecular weight excluding hydrogens is 292 g/mol. The van der Waals surface area contributed by atoms with Crippen molar-refractivity contribution in [1.29, 1.82) is 0 Å². The van der Waals surface area contributed by atoms with Crippen LogP contribution in [0.1, 0.15) is 28.8 Å². The molecule has 1 heterocycles. The van der Waals surface area contributed by atoms with E-state index in [9.17, 15) is 4.79 Å². The number of hydrogen-bond acceptors (Lipinski definition) is 2. The second-order valence-corrected chi connectivity index (χ2v) is 7.09. The van der Waals surface area contributed by atoms with Gasteiger partial charge in [0, 0.05) is 23.2 Å². The quantitative estimate of drug-likeness (QED) is 0.859. The maximum Gasteiger partial charge on any atom is 0.322 e. The van der Waals surface area contributed by atoms with Gasteiger partial charge in [0.1, 0.15) is 0 Å². The van der Waals surface area contributed by atoms with Crippen molar-refractivity contribution in [3.63, 3.8) is 0 Å². The van der Waals surface area contributed by atoms with E-state index in [0.717, 1.165) is 31.5 Å². The Morgan fingerprint density at radius 1 is 1.27 bits per heavy atom. The minimum Gasteiger partial charge on any atom is -0.321 e. The van der Waals surface area contributed by atoms with Crippen LogP contribution < -0.4 is 5.32 Å². The summed E-state index contributed by atoms with van der Waals surface area (Å²) in [4.78, 5) is 15.9. The van der Waals surface area contributed by atoms with Crippen LogP contribution in [0.5, 0.6) is 0 Å². The lowest BCUT2D eigenvalue weighted by Gasteiger charge is -2.23. The van der Waals surface area contributed by atoms with Gasteiger partial charge >= 0.3 is 6.03 Å². The molecule has 2 aromatic rings.